The summed E-state index contributed by atoms with van der Waals surface area (Å²) in [4.78, 5) is 12.2. The van der Waals surface area contributed by atoms with Crippen LogP contribution in [0.2, 0.25) is 5.02 Å². The van der Waals surface area contributed by atoms with Gasteiger partial charge in [0.05, 0.1) is 22.4 Å². The summed E-state index contributed by atoms with van der Waals surface area (Å²) in [5, 5.41) is 3.52. The zero-order chi connectivity index (χ0) is 14.1. The predicted molar refractivity (Wildman–Crippen MR) is 82.2 cm³/mol. The fraction of sp³-hybridized carbons (Fsp3) is 0.500. The summed E-state index contributed by atoms with van der Waals surface area (Å²) < 4.78 is 8.36. The number of halogens is 1. The van der Waals surface area contributed by atoms with Gasteiger partial charge in [-0.2, -0.15) is 8.75 Å². The molecule has 1 unspecified atom stereocenters. The molecule has 1 aliphatic rings. The first-order valence-electron chi connectivity index (χ1n) is 6.87. The number of nitrogens with one attached hydrogen (secondary N) is 1. The number of aromatic nitrogens is 2. The molecular formula is C14H16ClN3OS. The van der Waals surface area contributed by atoms with E-state index in [2.05, 4.69) is 14.1 Å². The van der Waals surface area contributed by atoms with Crippen molar-refractivity contribution in [3.05, 3.63) is 17.2 Å². The van der Waals surface area contributed by atoms with Gasteiger partial charge in [0.1, 0.15) is 11.0 Å². The molecule has 0 spiro atoms. The van der Waals surface area contributed by atoms with Crippen molar-refractivity contribution in [1.29, 1.82) is 0 Å². The van der Waals surface area contributed by atoms with Crippen LogP contribution in [-0.2, 0) is 4.79 Å². The lowest BCUT2D eigenvalue weighted by molar-refractivity contribution is -0.120. The molecule has 6 heteroatoms. The highest BCUT2D eigenvalue weighted by Crippen LogP contribution is 2.33. The molecule has 20 heavy (non-hydrogen) atoms. The Kier molecular flexibility index (Phi) is 3.89. The molecule has 1 N–H and O–H groups in total. The summed E-state index contributed by atoms with van der Waals surface area (Å²) in [6.07, 6.45) is 4.80. The third-order valence-corrected chi connectivity index (χ3v) is 4.82. The molecular weight excluding hydrogens is 294 g/mol. The Morgan fingerprint density at radius 2 is 2.20 bits per heavy atom. The minimum absolute atomic E-state index is 0.0256. The molecule has 106 valence electrons. The number of hydrogen-bond donors (Lipinski definition) is 1. The van der Waals surface area contributed by atoms with Gasteiger partial charge in [-0.3, -0.25) is 4.79 Å². The fourth-order valence-electron chi connectivity index (χ4n) is 2.53. The molecule has 1 aromatic carbocycles. The second-order valence-corrected chi connectivity index (χ2v) is 6.41. The maximum absolute atomic E-state index is 12.2. The Morgan fingerprint density at radius 1 is 1.45 bits per heavy atom. The zero-order valence-corrected chi connectivity index (χ0v) is 12.8. The molecule has 1 atom stereocenters. The van der Waals surface area contributed by atoms with Gasteiger partial charge in [0, 0.05) is 5.92 Å². The number of carbonyl (C=O) groups excluding carboxylic acids is 1. The highest BCUT2D eigenvalue weighted by molar-refractivity contribution is 7.00. The number of rotatable bonds is 4. The molecule has 1 fully saturated rings. The number of fused-ring (bicyclic) bond motifs is 1. The Hall–Kier alpha value is -1.20. The first kappa shape index (κ1) is 13.8. The Morgan fingerprint density at radius 3 is 2.90 bits per heavy atom. The fourth-order valence-corrected chi connectivity index (χ4v) is 3.35. The molecule has 3 rings (SSSR count). The van der Waals surface area contributed by atoms with Crippen LogP contribution in [0.5, 0.6) is 0 Å². The van der Waals surface area contributed by atoms with E-state index in [1.165, 1.54) is 19.3 Å². The van der Waals surface area contributed by atoms with Crippen molar-refractivity contribution < 1.29 is 4.79 Å². The summed E-state index contributed by atoms with van der Waals surface area (Å²) in [5.74, 6) is 0.799. The third kappa shape index (κ3) is 2.65. The van der Waals surface area contributed by atoms with Gasteiger partial charge in [-0.1, -0.05) is 37.8 Å². The Balaban J connectivity index is 1.73. The van der Waals surface area contributed by atoms with E-state index in [9.17, 15) is 4.79 Å². The minimum Gasteiger partial charge on any atom is -0.324 e. The van der Waals surface area contributed by atoms with Crippen molar-refractivity contribution in [3.63, 3.8) is 0 Å². The lowest BCUT2D eigenvalue weighted by atomic mass is 9.79. The summed E-state index contributed by atoms with van der Waals surface area (Å²) in [5.41, 5.74) is 2.02. The number of benzene rings is 1. The first-order valence-corrected chi connectivity index (χ1v) is 7.97. The zero-order valence-electron chi connectivity index (χ0n) is 11.2. The van der Waals surface area contributed by atoms with Gasteiger partial charge < -0.3 is 5.32 Å². The SMILES string of the molecule is CC(CC1CCC1)C(=O)Nc1ccc(Cl)c2nsnc12. The van der Waals surface area contributed by atoms with Crippen LogP contribution in [0.15, 0.2) is 12.1 Å². The quantitative estimate of drug-likeness (QED) is 0.924. The number of carbonyl (C=O) groups is 1. The third-order valence-electron chi connectivity index (χ3n) is 3.98. The molecule has 0 radical (unpaired) electrons. The maximum Gasteiger partial charge on any atom is 0.227 e. The highest BCUT2D eigenvalue weighted by atomic mass is 35.5. The minimum atomic E-state index is 0.0256. The van der Waals surface area contributed by atoms with Gasteiger partial charge in [-0.15, -0.1) is 0 Å². The molecule has 2 aromatic rings. The molecule has 0 aliphatic heterocycles. The normalized spacial score (nSPS) is 16.9. The maximum atomic E-state index is 12.2. The van der Waals surface area contributed by atoms with Crippen LogP contribution in [0.25, 0.3) is 11.0 Å². The smallest absolute Gasteiger partial charge is 0.227 e. The molecule has 1 aliphatic carbocycles. The molecule has 4 nitrogen and oxygen atoms in total. The second-order valence-electron chi connectivity index (χ2n) is 5.48. The van der Waals surface area contributed by atoms with E-state index in [0.717, 1.165) is 24.1 Å². The van der Waals surface area contributed by atoms with E-state index in [1.54, 1.807) is 12.1 Å². The van der Waals surface area contributed by atoms with E-state index in [4.69, 9.17) is 11.6 Å². The number of nitrogens with zero attached hydrogens (tertiary/aromatic N) is 2. The Bertz CT molecular complexity index is 638. The van der Waals surface area contributed by atoms with Gasteiger partial charge in [0.2, 0.25) is 5.91 Å². The highest BCUT2D eigenvalue weighted by Gasteiger charge is 2.24. The topological polar surface area (TPSA) is 54.9 Å². The summed E-state index contributed by atoms with van der Waals surface area (Å²) in [6, 6.07) is 3.54. The molecule has 0 saturated heterocycles. The standard InChI is InChI=1S/C14H16ClN3OS/c1-8(7-9-3-2-4-9)14(19)16-11-6-5-10(15)12-13(11)18-20-17-12/h5-6,8-9H,2-4,7H2,1H3,(H,16,19). The van der Waals surface area contributed by atoms with Crippen LogP contribution in [0.1, 0.15) is 32.6 Å². The van der Waals surface area contributed by atoms with E-state index < -0.39 is 0 Å². The molecule has 0 bridgehead atoms. The number of anilines is 1. The van der Waals surface area contributed by atoms with Crippen LogP contribution >= 0.6 is 23.3 Å². The lowest BCUT2D eigenvalue weighted by Gasteiger charge is -2.27. The van der Waals surface area contributed by atoms with Crippen molar-refractivity contribution in [2.45, 2.75) is 32.6 Å². The lowest BCUT2D eigenvalue weighted by Crippen LogP contribution is -2.25. The average molecular weight is 310 g/mol. The average Bonchev–Trinajstić information content (AvgIpc) is 2.87. The van der Waals surface area contributed by atoms with E-state index >= 15 is 0 Å². The number of amides is 1. The predicted octanol–water partition coefficient (Wildman–Crippen LogP) is 4.11. The van der Waals surface area contributed by atoms with Crippen molar-refractivity contribution in [2.75, 3.05) is 5.32 Å². The summed E-state index contributed by atoms with van der Waals surface area (Å²) in [7, 11) is 0. The summed E-state index contributed by atoms with van der Waals surface area (Å²) >= 11 is 7.16. The van der Waals surface area contributed by atoms with Crippen molar-refractivity contribution in [1.82, 2.24) is 8.75 Å². The van der Waals surface area contributed by atoms with Crippen LogP contribution in [0.3, 0.4) is 0 Å². The van der Waals surface area contributed by atoms with Crippen molar-refractivity contribution in [2.24, 2.45) is 11.8 Å². The molecule has 1 saturated carbocycles. The molecule has 1 heterocycles. The monoisotopic (exact) mass is 309 g/mol. The van der Waals surface area contributed by atoms with Gasteiger partial charge in [-0.25, -0.2) is 0 Å². The Labute approximate surface area is 126 Å². The first-order chi connectivity index (χ1) is 9.65. The molecule has 1 aromatic heterocycles. The van der Waals surface area contributed by atoms with Gasteiger partial charge >= 0.3 is 0 Å². The molecule has 1 amide bonds. The van der Waals surface area contributed by atoms with E-state index in [0.29, 0.717) is 21.7 Å². The largest absolute Gasteiger partial charge is 0.324 e. The van der Waals surface area contributed by atoms with Crippen LogP contribution in [0.4, 0.5) is 5.69 Å². The van der Waals surface area contributed by atoms with Gasteiger partial charge in [0.15, 0.2) is 0 Å². The van der Waals surface area contributed by atoms with E-state index in [1.807, 2.05) is 6.92 Å². The van der Waals surface area contributed by atoms with Crippen molar-refractivity contribution >= 4 is 46.0 Å². The van der Waals surface area contributed by atoms with E-state index in [-0.39, 0.29) is 11.8 Å². The van der Waals surface area contributed by atoms with Crippen molar-refractivity contribution in [3.8, 4) is 0 Å². The summed E-state index contributed by atoms with van der Waals surface area (Å²) in [6.45, 7) is 1.99. The van der Waals surface area contributed by atoms with Crippen LogP contribution < -0.4 is 5.32 Å². The number of hydrogen-bond acceptors (Lipinski definition) is 4. The van der Waals surface area contributed by atoms with Gasteiger partial charge in [0.25, 0.3) is 0 Å². The van der Waals surface area contributed by atoms with Crippen LogP contribution in [-0.4, -0.2) is 14.7 Å². The van der Waals surface area contributed by atoms with Gasteiger partial charge in [-0.05, 0) is 24.5 Å². The second kappa shape index (κ2) is 5.66. The van der Waals surface area contributed by atoms with Crippen LogP contribution in [0, 0.1) is 11.8 Å².